The summed E-state index contributed by atoms with van der Waals surface area (Å²) in [6.45, 7) is 4.29. The highest BCUT2D eigenvalue weighted by atomic mass is 35.5. The summed E-state index contributed by atoms with van der Waals surface area (Å²) < 4.78 is 5.33. The van der Waals surface area contributed by atoms with Crippen LogP contribution in [0.2, 0.25) is 5.02 Å². The summed E-state index contributed by atoms with van der Waals surface area (Å²) >= 11 is 6.17. The van der Waals surface area contributed by atoms with Crippen molar-refractivity contribution in [1.29, 1.82) is 0 Å². The van der Waals surface area contributed by atoms with Crippen molar-refractivity contribution in [1.82, 2.24) is 10.1 Å². The van der Waals surface area contributed by atoms with Crippen LogP contribution in [-0.2, 0) is 0 Å². The van der Waals surface area contributed by atoms with Crippen LogP contribution >= 0.6 is 11.6 Å². The summed E-state index contributed by atoms with van der Waals surface area (Å²) in [5.41, 5.74) is 3.24. The lowest BCUT2D eigenvalue weighted by molar-refractivity contribution is 0.112. The Morgan fingerprint density at radius 1 is 1.13 bits per heavy atom. The molecule has 4 nitrogen and oxygen atoms in total. The van der Waals surface area contributed by atoms with Gasteiger partial charge in [0.05, 0.1) is 5.02 Å². The first kappa shape index (κ1) is 15.4. The minimum Gasteiger partial charge on any atom is -0.334 e. The van der Waals surface area contributed by atoms with Gasteiger partial charge in [0.25, 0.3) is 5.89 Å². The van der Waals surface area contributed by atoms with Gasteiger partial charge in [0, 0.05) is 16.7 Å². The largest absolute Gasteiger partial charge is 0.334 e. The number of carbonyl (C=O) groups is 1. The summed E-state index contributed by atoms with van der Waals surface area (Å²) in [5.74, 6) is 1.30. The zero-order valence-corrected chi connectivity index (χ0v) is 13.5. The number of carbonyl (C=O) groups excluding carboxylic acids is 1. The summed E-state index contributed by atoms with van der Waals surface area (Å²) in [4.78, 5) is 15.2. The van der Waals surface area contributed by atoms with Gasteiger partial charge in [-0.05, 0) is 35.7 Å². The highest BCUT2D eigenvalue weighted by molar-refractivity contribution is 6.33. The molecule has 0 spiro atoms. The fourth-order valence-corrected chi connectivity index (χ4v) is 2.52. The Balaban J connectivity index is 1.92. The van der Waals surface area contributed by atoms with Crippen LogP contribution in [0, 0.1) is 0 Å². The van der Waals surface area contributed by atoms with E-state index in [0.29, 0.717) is 33.8 Å². The molecule has 1 aromatic heterocycles. The van der Waals surface area contributed by atoms with E-state index in [2.05, 4.69) is 36.1 Å². The number of nitrogens with zero attached hydrogens (tertiary/aromatic N) is 2. The second-order valence-corrected chi connectivity index (χ2v) is 5.96. The van der Waals surface area contributed by atoms with E-state index in [0.717, 1.165) is 11.8 Å². The van der Waals surface area contributed by atoms with E-state index in [4.69, 9.17) is 16.1 Å². The van der Waals surface area contributed by atoms with Gasteiger partial charge in [0.15, 0.2) is 0 Å². The Labute approximate surface area is 139 Å². The lowest BCUT2D eigenvalue weighted by Crippen LogP contribution is -1.87. The maximum Gasteiger partial charge on any atom is 0.258 e. The molecule has 0 atom stereocenters. The number of hydrogen-bond donors (Lipinski definition) is 0. The minimum atomic E-state index is 0.399. The second kappa shape index (κ2) is 6.34. The highest BCUT2D eigenvalue weighted by Crippen LogP contribution is 2.29. The Kier molecular flexibility index (Phi) is 4.26. The van der Waals surface area contributed by atoms with Gasteiger partial charge in [-0.25, -0.2) is 0 Å². The number of aldehydes is 1. The maximum absolute atomic E-state index is 10.8. The fourth-order valence-electron chi connectivity index (χ4n) is 2.25. The predicted octanol–water partition coefficient (Wildman–Crippen LogP) is 4.99. The Morgan fingerprint density at radius 3 is 2.48 bits per heavy atom. The molecule has 3 rings (SSSR count). The minimum absolute atomic E-state index is 0.399. The van der Waals surface area contributed by atoms with E-state index < -0.39 is 0 Å². The number of benzene rings is 2. The van der Waals surface area contributed by atoms with Crippen molar-refractivity contribution in [2.75, 3.05) is 0 Å². The zero-order valence-electron chi connectivity index (χ0n) is 12.8. The van der Waals surface area contributed by atoms with Crippen molar-refractivity contribution in [3.8, 4) is 22.8 Å². The van der Waals surface area contributed by atoms with Crippen molar-refractivity contribution >= 4 is 17.9 Å². The monoisotopic (exact) mass is 326 g/mol. The molecule has 0 amide bonds. The third kappa shape index (κ3) is 3.17. The Morgan fingerprint density at radius 2 is 1.87 bits per heavy atom. The summed E-state index contributed by atoms with van der Waals surface area (Å²) in [5, 5.41) is 4.39. The van der Waals surface area contributed by atoms with Gasteiger partial charge < -0.3 is 4.52 Å². The van der Waals surface area contributed by atoms with Crippen LogP contribution in [0.5, 0.6) is 0 Å². The molecule has 0 radical (unpaired) electrons. The molecule has 0 aliphatic carbocycles. The van der Waals surface area contributed by atoms with Crippen molar-refractivity contribution in [3.63, 3.8) is 0 Å². The second-order valence-electron chi connectivity index (χ2n) is 5.56. The van der Waals surface area contributed by atoms with Gasteiger partial charge in [-0.15, -0.1) is 0 Å². The molecule has 23 heavy (non-hydrogen) atoms. The number of hydrogen-bond acceptors (Lipinski definition) is 4. The topological polar surface area (TPSA) is 56.0 Å². The third-order valence-electron chi connectivity index (χ3n) is 3.62. The molecule has 0 saturated carbocycles. The first-order valence-corrected chi connectivity index (χ1v) is 7.65. The smallest absolute Gasteiger partial charge is 0.258 e. The molecule has 0 unspecified atom stereocenters. The highest BCUT2D eigenvalue weighted by Gasteiger charge is 2.14. The summed E-state index contributed by atoms with van der Waals surface area (Å²) in [6, 6.07) is 13.0. The summed E-state index contributed by atoms with van der Waals surface area (Å²) in [7, 11) is 0. The van der Waals surface area contributed by atoms with Crippen LogP contribution in [-0.4, -0.2) is 16.4 Å². The quantitative estimate of drug-likeness (QED) is 0.633. The molecular formula is C18H15ClN2O2. The van der Waals surface area contributed by atoms with E-state index in [1.165, 1.54) is 5.56 Å². The summed E-state index contributed by atoms with van der Waals surface area (Å²) in [6.07, 6.45) is 0.744. The van der Waals surface area contributed by atoms with E-state index >= 15 is 0 Å². The van der Waals surface area contributed by atoms with Crippen molar-refractivity contribution < 1.29 is 9.32 Å². The van der Waals surface area contributed by atoms with Gasteiger partial charge in [0.2, 0.25) is 5.82 Å². The van der Waals surface area contributed by atoms with E-state index in [-0.39, 0.29) is 0 Å². The van der Waals surface area contributed by atoms with Gasteiger partial charge in [0.1, 0.15) is 6.29 Å². The van der Waals surface area contributed by atoms with Gasteiger partial charge in [-0.2, -0.15) is 4.98 Å². The van der Waals surface area contributed by atoms with Crippen LogP contribution < -0.4 is 0 Å². The van der Waals surface area contributed by atoms with Crippen molar-refractivity contribution in [2.24, 2.45) is 0 Å². The molecule has 0 fully saturated rings. The van der Waals surface area contributed by atoms with Gasteiger partial charge in [-0.3, -0.25) is 4.79 Å². The number of aromatic nitrogens is 2. The Hall–Kier alpha value is -2.46. The lowest BCUT2D eigenvalue weighted by atomic mass is 10.0. The molecule has 2 aromatic carbocycles. The molecule has 0 aliphatic heterocycles. The van der Waals surface area contributed by atoms with E-state index in [1.807, 2.05) is 12.1 Å². The number of halogens is 1. The standard InChI is InChI=1S/C18H15ClN2O2/c1-11(2)13-4-6-14(7-5-13)18-20-17(21-23-18)15-8-3-12(10-22)9-16(15)19/h3-11H,1-2H3. The normalized spacial score (nSPS) is 11.0. The van der Waals surface area contributed by atoms with Gasteiger partial charge >= 0.3 is 0 Å². The zero-order chi connectivity index (χ0) is 16.4. The average Bonchev–Trinajstić information content (AvgIpc) is 3.04. The molecular weight excluding hydrogens is 312 g/mol. The fraction of sp³-hybridized carbons (Fsp3) is 0.167. The van der Waals surface area contributed by atoms with Crippen LogP contribution in [0.1, 0.15) is 35.7 Å². The molecule has 5 heteroatoms. The third-order valence-corrected chi connectivity index (χ3v) is 3.93. The van der Waals surface area contributed by atoms with Crippen molar-refractivity contribution in [2.45, 2.75) is 19.8 Å². The molecule has 0 N–H and O–H groups in total. The molecule has 0 bridgehead atoms. The molecule has 1 heterocycles. The van der Waals surface area contributed by atoms with Gasteiger partial charge in [-0.1, -0.05) is 48.8 Å². The van der Waals surface area contributed by atoms with Crippen LogP contribution in [0.3, 0.4) is 0 Å². The maximum atomic E-state index is 10.8. The first-order chi connectivity index (χ1) is 11.1. The first-order valence-electron chi connectivity index (χ1n) is 7.27. The Bertz CT molecular complexity index is 838. The van der Waals surface area contributed by atoms with Crippen molar-refractivity contribution in [3.05, 3.63) is 58.6 Å². The van der Waals surface area contributed by atoms with E-state index in [9.17, 15) is 4.79 Å². The molecule has 0 saturated heterocycles. The van der Waals surface area contributed by atoms with E-state index in [1.54, 1.807) is 18.2 Å². The molecule has 116 valence electrons. The SMILES string of the molecule is CC(C)c1ccc(-c2nc(-c3ccc(C=O)cc3Cl)no2)cc1. The van der Waals surface area contributed by atoms with Crippen LogP contribution in [0.15, 0.2) is 47.0 Å². The number of rotatable bonds is 4. The molecule has 0 aliphatic rings. The average molecular weight is 327 g/mol. The van der Waals surface area contributed by atoms with Crippen LogP contribution in [0.25, 0.3) is 22.8 Å². The lowest BCUT2D eigenvalue weighted by Gasteiger charge is -2.04. The van der Waals surface area contributed by atoms with Crippen LogP contribution in [0.4, 0.5) is 0 Å². The predicted molar refractivity (Wildman–Crippen MR) is 89.7 cm³/mol. The molecule has 3 aromatic rings.